The summed E-state index contributed by atoms with van der Waals surface area (Å²) in [6, 6.07) is -0.942. The Balaban J connectivity index is 2.64. The van der Waals surface area contributed by atoms with E-state index in [0.29, 0.717) is 0 Å². The molecule has 0 spiro atoms. The van der Waals surface area contributed by atoms with E-state index in [9.17, 15) is 23.2 Å². The van der Waals surface area contributed by atoms with Gasteiger partial charge in [-0.05, 0) is 6.42 Å². The maximum absolute atomic E-state index is 13.6. The van der Waals surface area contributed by atoms with Gasteiger partial charge in [0, 0.05) is 31.1 Å². The third-order valence-electron chi connectivity index (χ3n) is 3.80. The number of Topliss-reactive ketones (excluding diaryl/α,β-unsaturated/α-hetero) is 1. The van der Waals surface area contributed by atoms with Gasteiger partial charge >= 0.3 is 0 Å². The molecule has 3 N–H and O–H groups in total. The van der Waals surface area contributed by atoms with Crippen LogP contribution in [0.4, 0.5) is 8.78 Å². The highest BCUT2D eigenvalue weighted by Crippen LogP contribution is 2.26. The number of nitrogens with two attached hydrogens (primary N) is 1. The van der Waals surface area contributed by atoms with Crippen LogP contribution in [-0.4, -0.2) is 39.7 Å². The second-order valence-electron chi connectivity index (χ2n) is 7.39. The molecule has 0 saturated heterocycles. The Bertz CT molecular complexity index is 683. The van der Waals surface area contributed by atoms with E-state index in [1.807, 2.05) is 20.8 Å². The summed E-state index contributed by atoms with van der Waals surface area (Å²) in [6.07, 6.45) is -2.17. The van der Waals surface area contributed by atoms with Gasteiger partial charge in [-0.15, -0.1) is 0 Å². The van der Waals surface area contributed by atoms with Crippen LogP contribution < -0.4 is 11.1 Å². The van der Waals surface area contributed by atoms with Gasteiger partial charge in [-0.3, -0.25) is 14.4 Å². The molecule has 0 aliphatic heterocycles. The van der Waals surface area contributed by atoms with Gasteiger partial charge in [0.15, 0.2) is 0 Å². The monoisotopic (exact) mass is 388 g/mol. The van der Waals surface area contributed by atoms with Crippen LogP contribution in [-0.2, 0) is 15.0 Å². The van der Waals surface area contributed by atoms with E-state index in [2.05, 4.69) is 15.5 Å². The highest BCUT2D eigenvalue weighted by atomic mass is 19.3. The number of nitrogens with zero attached hydrogens (tertiary/aromatic N) is 2. The predicted molar refractivity (Wildman–Crippen MR) is 92.2 cm³/mol. The fraction of sp³-hybridized carbons (Fsp3) is 0.706. The van der Waals surface area contributed by atoms with Crippen LogP contribution in [0.15, 0.2) is 4.52 Å². The zero-order chi connectivity index (χ0) is 20.8. The van der Waals surface area contributed by atoms with Gasteiger partial charge in [-0.1, -0.05) is 32.9 Å². The Morgan fingerprint density at radius 3 is 2.26 bits per heavy atom. The molecule has 152 valence electrons. The number of aromatic nitrogens is 2. The van der Waals surface area contributed by atoms with Gasteiger partial charge in [-0.25, -0.2) is 8.78 Å². The second-order valence-corrected chi connectivity index (χ2v) is 7.39. The zero-order valence-electron chi connectivity index (χ0n) is 16.0. The van der Waals surface area contributed by atoms with Crippen LogP contribution in [0.25, 0.3) is 0 Å². The van der Waals surface area contributed by atoms with Gasteiger partial charge < -0.3 is 15.6 Å². The molecule has 10 heteroatoms. The molecule has 0 bridgehead atoms. The number of ketones is 1. The SMILES string of the molecule is CC[C@H](NC(=O)CCC(F)(F)CCC(N)=O)C(=O)c1noc(C(C)(C)C)n1. The molecule has 2 amide bonds. The first kappa shape index (κ1) is 22.7. The maximum Gasteiger partial charge on any atom is 0.249 e. The Kier molecular flexibility index (Phi) is 7.55. The molecule has 1 rings (SSSR count). The Morgan fingerprint density at radius 1 is 1.19 bits per heavy atom. The maximum atomic E-state index is 13.6. The summed E-state index contributed by atoms with van der Waals surface area (Å²) in [6.45, 7) is 7.18. The highest BCUT2D eigenvalue weighted by Gasteiger charge is 2.32. The van der Waals surface area contributed by atoms with E-state index in [4.69, 9.17) is 10.3 Å². The third-order valence-corrected chi connectivity index (χ3v) is 3.80. The van der Waals surface area contributed by atoms with Crippen molar-refractivity contribution in [2.75, 3.05) is 0 Å². The van der Waals surface area contributed by atoms with Gasteiger partial charge in [0.1, 0.15) is 0 Å². The lowest BCUT2D eigenvalue weighted by molar-refractivity contribution is -0.124. The number of alkyl halides is 2. The molecule has 0 saturated carbocycles. The lowest BCUT2D eigenvalue weighted by Crippen LogP contribution is -2.41. The summed E-state index contributed by atoms with van der Waals surface area (Å²) in [5, 5.41) is 6.05. The van der Waals surface area contributed by atoms with E-state index in [0.717, 1.165) is 0 Å². The molecule has 0 aliphatic rings. The molecule has 1 atom stereocenters. The molecule has 1 aromatic rings. The second kappa shape index (κ2) is 9.01. The molecule has 1 heterocycles. The first-order chi connectivity index (χ1) is 12.4. The van der Waals surface area contributed by atoms with E-state index in [1.165, 1.54) is 0 Å². The van der Waals surface area contributed by atoms with Crippen LogP contribution in [0.5, 0.6) is 0 Å². The van der Waals surface area contributed by atoms with Crippen molar-refractivity contribution in [1.29, 1.82) is 0 Å². The molecule has 27 heavy (non-hydrogen) atoms. The van der Waals surface area contributed by atoms with Crippen LogP contribution in [0.3, 0.4) is 0 Å². The molecular weight excluding hydrogens is 362 g/mol. The van der Waals surface area contributed by atoms with E-state index < -0.39 is 60.7 Å². The number of carbonyl (C=O) groups excluding carboxylic acids is 3. The van der Waals surface area contributed by atoms with Crippen molar-refractivity contribution in [3.8, 4) is 0 Å². The Labute approximate surface area is 156 Å². The number of rotatable bonds is 10. The number of primary amides is 1. The summed E-state index contributed by atoms with van der Waals surface area (Å²) in [5.41, 5.74) is 4.41. The van der Waals surface area contributed by atoms with E-state index in [1.54, 1.807) is 6.92 Å². The summed E-state index contributed by atoms with van der Waals surface area (Å²) >= 11 is 0. The summed E-state index contributed by atoms with van der Waals surface area (Å²) < 4.78 is 32.3. The van der Waals surface area contributed by atoms with E-state index >= 15 is 0 Å². The first-order valence-corrected chi connectivity index (χ1v) is 8.69. The molecular formula is C17H26F2N4O4. The minimum absolute atomic E-state index is 0.168. The molecule has 1 aromatic heterocycles. The molecule has 0 unspecified atom stereocenters. The van der Waals surface area contributed by atoms with E-state index in [-0.39, 0.29) is 18.1 Å². The van der Waals surface area contributed by atoms with Crippen molar-refractivity contribution in [2.24, 2.45) is 5.73 Å². The van der Waals surface area contributed by atoms with Crippen molar-refractivity contribution in [1.82, 2.24) is 15.5 Å². The molecule has 0 aliphatic carbocycles. The summed E-state index contributed by atoms with van der Waals surface area (Å²) in [5.74, 6) is -5.16. The summed E-state index contributed by atoms with van der Waals surface area (Å²) in [7, 11) is 0. The normalized spacial score (nSPS) is 13.3. The topological polar surface area (TPSA) is 128 Å². The first-order valence-electron chi connectivity index (χ1n) is 8.69. The fourth-order valence-corrected chi connectivity index (χ4v) is 2.13. The Hall–Kier alpha value is -2.39. The van der Waals surface area contributed by atoms with Crippen molar-refractivity contribution >= 4 is 17.6 Å². The fourth-order valence-electron chi connectivity index (χ4n) is 2.13. The number of hydrogen-bond acceptors (Lipinski definition) is 6. The van der Waals surface area contributed by atoms with Crippen LogP contribution >= 0.6 is 0 Å². The average molecular weight is 388 g/mol. The highest BCUT2D eigenvalue weighted by molar-refractivity contribution is 5.98. The summed E-state index contributed by atoms with van der Waals surface area (Å²) in [4.78, 5) is 39.0. The average Bonchev–Trinajstić information content (AvgIpc) is 3.06. The Morgan fingerprint density at radius 2 is 1.78 bits per heavy atom. The quantitative estimate of drug-likeness (QED) is 0.591. The van der Waals surface area contributed by atoms with Crippen LogP contribution in [0, 0.1) is 0 Å². The lowest BCUT2D eigenvalue weighted by atomic mass is 9.97. The lowest BCUT2D eigenvalue weighted by Gasteiger charge is -2.17. The standard InChI is InChI=1S/C17H26F2N4O4/c1-5-10(13(26)14-22-15(27-23-14)16(2,3)4)21-12(25)7-9-17(18,19)8-6-11(20)24/h10H,5-9H2,1-4H3,(H2,20,24)(H,21,25)/t10-/m0/s1. The smallest absolute Gasteiger partial charge is 0.249 e. The van der Waals surface area contributed by atoms with Crippen molar-refractivity contribution in [3.05, 3.63) is 11.7 Å². The minimum Gasteiger partial charge on any atom is -0.370 e. The van der Waals surface area contributed by atoms with Crippen LogP contribution in [0.2, 0.25) is 0 Å². The molecule has 0 radical (unpaired) electrons. The molecule has 0 aromatic carbocycles. The molecule has 8 nitrogen and oxygen atoms in total. The molecule has 0 fully saturated rings. The number of halogens is 2. The van der Waals surface area contributed by atoms with Gasteiger partial charge in [0.25, 0.3) is 0 Å². The van der Waals surface area contributed by atoms with Gasteiger partial charge in [-0.2, -0.15) is 4.98 Å². The van der Waals surface area contributed by atoms with Crippen molar-refractivity contribution in [2.45, 2.75) is 77.2 Å². The van der Waals surface area contributed by atoms with Crippen LogP contribution in [0.1, 0.15) is 76.3 Å². The van der Waals surface area contributed by atoms with Crippen molar-refractivity contribution in [3.63, 3.8) is 0 Å². The largest absolute Gasteiger partial charge is 0.370 e. The van der Waals surface area contributed by atoms with Gasteiger partial charge in [0.2, 0.25) is 35.2 Å². The number of hydrogen-bond donors (Lipinski definition) is 2. The predicted octanol–water partition coefficient (Wildman–Crippen LogP) is 2.13. The number of amides is 2. The zero-order valence-corrected chi connectivity index (χ0v) is 16.0. The number of carbonyl (C=O) groups is 3. The number of nitrogens with one attached hydrogen (secondary N) is 1. The van der Waals surface area contributed by atoms with Crippen molar-refractivity contribution < 1.29 is 27.7 Å². The minimum atomic E-state index is -3.19. The van der Waals surface area contributed by atoms with Gasteiger partial charge in [0.05, 0.1) is 6.04 Å². The third kappa shape index (κ3) is 7.40.